The van der Waals surface area contributed by atoms with Crippen molar-refractivity contribution in [1.29, 1.82) is 0 Å². The molecule has 100 valence electrons. The Labute approximate surface area is 124 Å². The van der Waals surface area contributed by atoms with Gasteiger partial charge in [-0.2, -0.15) is 0 Å². The summed E-state index contributed by atoms with van der Waals surface area (Å²) in [6, 6.07) is -0.823. The fraction of sp³-hybridized carbons (Fsp3) is 0.500. The zero-order valence-electron chi connectivity index (χ0n) is 10.5. The Hall–Kier alpha value is -0.630. The number of carboxylic acids is 1. The first-order valence-electron chi connectivity index (χ1n) is 5.60. The van der Waals surface area contributed by atoms with Crippen LogP contribution in [0.5, 0.6) is 0 Å². The monoisotopic (exact) mass is 381 g/mol. The molecule has 0 aliphatic heterocycles. The molecule has 2 N–H and O–H groups in total. The molecule has 0 saturated carbocycles. The molecule has 1 heterocycles. The maximum absolute atomic E-state index is 12.0. The molecule has 1 unspecified atom stereocenters. The molecule has 0 bridgehead atoms. The van der Waals surface area contributed by atoms with Crippen molar-refractivity contribution in [3.8, 4) is 0 Å². The van der Waals surface area contributed by atoms with Gasteiger partial charge >= 0.3 is 5.97 Å². The summed E-state index contributed by atoms with van der Waals surface area (Å²) in [6.07, 6.45) is 0.433. The summed E-state index contributed by atoms with van der Waals surface area (Å²) in [5.74, 6) is -1.07. The third-order valence-electron chi connectivity index (χ3n) is 2.42. The topological polar surface area (TPSA) is 66.4 Å². The molecule has 0 radical (unpaired) electrons. The Morgan fingerprint density at radius 1 is 1.50 bits per heavy atom. The molecular weight excluding hydrogens is 365 g/mol. The molecule has 1 aromatic heterocycles. The molecule has 1 aromatic rings. The molecule has 0 aliphatic rings. The van der Waals surface area contributed by atoms with E-state index in [-0.39, 0.29) is 11.8 Å². The van der Waals surface area contributed by atoms with Gasteiger partial charge < -0.3 is 10.4 Å². The lowest BCUT2D eigenvalue weighted by molar-refractivity contribution is -0.139. The van der Waals surface area contributed by atoms with Gasteiger partial charge in [-0.1, -0.05) is 13.8 Å². The maximum atomic E-state index is 12.0. The molecule has 18 heavy (non-hydrogen) atoms. The molecule has 1 amide bonds. The number of amides is 1. The van der Waals surface area contributed by atoms with Gasteiger partial charge in [0, 0.05) is 3.57 Å². The van der Waals surface area contributed by atoms with Crippen LogP contribution in [-0.2, 0) is 4.79 Å². The van der Waals surface area contributed by atoms with Gasteiger partial charge in [0.1, 0.15) is 10.9 Å². The van der Waals surface area contributed by atoms with Crippen LogP contribution in [-0.4, -0.2) is 23.0 Å². The maximum Gasteiger partial charge on any atom is 0.326 e. The van der Waals surface area contributed by atoms with Crippen LogP contribution < -0.4 is 5.32 Å². The summed E-state index contributed by atoms with van der Waals surface area (Å²) < 4.78 is 0.892. The zero-order chi connectivity index (χ0) is 13.9. The van der Waals surface area contributed by atoms with Crippen LogP contribution in [0.2, 0.25) is 0 Å². The molecule has 0 saturated heterocycles. The third kappa shape index (κ3) is 3.94. The van der Waals surface area contributed by atoms with Gasteiger partial charge in [-0.25, -0.2) is 4.79 Å². The lowest BCUT2D eigenvalue weighted by atomic mass is 10.0. The number of rotatable bonds is 5. The van der Waals surface area contributed by atoms with Gasteiger partial charge in [0.05, 0.1) is 0 Å². The number of carbonyl (C=O) groups excluding carboxylic acids is 1. The molecular formula is C12H16INO3S. The predicted molar refractivity (Wildman–Crippen MR) is 80.1 cm³/mol. The lowest BCUT2D eigenvalue weighted by Crippen LogP contribution is -2.41. The predicted octanol–water partition coefficient (Wildman–Crippen LogP) is 2.89. The van der Waals surface area contributed by atoms with Crippen molar-refractivity contribution in [1.82, 2.24) is 5.32 Å². The van der Waals surface area contributed by atoms with E-state index < -0.39 is 12.0 Å². The number of hydrogen-bond acceptors (Lipinski definition) is 3. The van der Waals surface area contributed by atoms with E-state index in [1.807, 2.05) is 26.2 Å². The Morgan fingerprint density at radius 2 is 2.11 bits per heavy atom. The second-order valence-corrected chi connectivity index (χ2v) is 6.51. The summed E-state index contributed by atoms with van der Waals surface area (Å²) in [7, 11) is 0. The minimum atomic E-state index is -0.986. The SMILES string of the molecule is Cc1csc(C(=O)NC(CC(C)C)C(=O)O)c1I. The van der Waals surface area contributed by atoms with Crippen LogP contribution in [0.15, 0.2) is 5.38 Å². The van der Waals surface area contributed by atoms with Crippen LogP contribution in [0.4, 0.5) is 0 Å². The number of carbonyl (C=O) groups is 2. The molecule has 0 fully saturated rings. The molecule has 1 atom stereocenters. The Morgan fingerprint density at radius 3 is 2.50 bits per heavy atom. The van der Waals surface area contributed by atoms with Crippen molar-refractivity contribution in [2.75, 3.05) is 0 Å². The van der Waals surface area contributed by atoms with Crippen LogP contribution in [0.3, 0.4) is 0 Å². The number of carboxylic acid groups (broad SMARTS) is 1. The van der Waals surface area contributed by atoms with E-state index in [9.17, 15) is 9.59 Å². The minimum Gasteiger partial charge on any atom is -0.480 e. The van der Waals surface area contributed by atoms with Gasteiger partial charge in [0.25, 0.3) is 5.91 Å². The second-order valence-electron chi connectivity index (χ2n) is 4.56. The van der Waals surface area contributed by atoms with Crippen LogP contribution >= 0.6 is 33.9 Å². The van der Waals surface area contributed by atoms with Crippen LogP contribution in [0.25, 0.3) is 0 Å². The van der Waals surface area contributed by atoms with E-state index in [4.69, 9.17) is 5.11 Å². The highest BCUT2D eigenvalue weighted by molar-refractivity contribution is 14.1. The molecule has 0 aromatic carbocycles. The average Bonchev–Trinajstić information content (AvgIpc) is 2.58. The first-order valence-corrected chi connectivity index (χ1v) is 7.56. The zero-order valence-corrected chi connectivity index (χ0v) is 13.5. The normalized spacial score (nSPS) is 12.5. The Bertz CT molecular complexity index is 456. The van der Waals surface area contributed by atoms with Gasteiger partial charge in [-0.3, -0.25) is 4.79 Å². The minimum absolute atomic E-state index is 0.218. The molecule has 0 spiro atoms. The molecule has 4 nitrogen and oxygen atoms in total. The van der Waals surface area contributed by atoms with Gasteiger partial charge in [-0.05, 0) is 52.8 Å². The number of thiophene rings is 1. The van der Waals surface area contributed by atoms with Crippen LogP contribution in [0.1, 0.15) is 35.5 Å². The summed E-state index contributed by atoms with van der Waals surface area (Å²) in [5, 5.41) is 13.6. The van der Waals surface area contributed by atoms with E-state index in [1.165, 1.54) is 11.3 Å². The Balaban J connectivity index is 2.79. The lowest BCUT2D eigenvalue weighted by Gasteiger charge is -2.16. The van der Waals surface area contributed by atoms with E-state index >= 15 is 0 Å². The molecule has 1 rings (SSSR count). The first kappa shape index (κ1) is 15.4. The summed E-state index contributed by atoms with van der Waals surface area (Å²) in [4.78, 5) is 23.7. The highest BCUT2D eigenvalue weighted by atomic mass is 127. The van der Waals surface area contributed by atoms with E-state index in [0.29, 0.717) is 11.3 Å². The Kier molecular flexibility index (Phi) is 5.58. The van der Waals surface area contributed by atoms with Gasteiger partial charge in [0.2, 0.25) is 0 Å². The highest BCUT2D eigenvalue weighted by Gasteiger charge is 2.23. The fourth-order valence-corrected chi connectivity index (χ4v) is 3.34. The third-order valence-corrected chi connectivity index (χ3v) is 5.27. The largest absolute Gasteiger partial charge is 0.480 e. The summed E-state index contributed by atoms with van der Waals surface area (Å²) in [6.45, 7) is 5.79. The van der Waals surface area contributed by atoms with Crippen molar-refractivity contribution in [2.24, 2.45) is 5.92 Å². The number of aryl methyl sites for hydroxylation is 1. The molecule has 6 heteroatoms. The van der Waals surface area contributed by atoms with Crippen molar-refractivity contribution in [3.63, 3.8) is 0 Å². The van der Waals surface area contributed by atoms with E-state index in [1.54, 1.807) is 0 Å². The number of hydrogen-bond donors (Lipinski definition) is 2. The smallest absolute Gasteiger partial charge is 0.326 e. The van der Waals surface area contributed by atoms with E-state index in [2.05, 4.69) is 27.9 Å². The fourth-order valence-electron chi connectivity index (χ4n) is 1.50. The second kappa shape index (κ2) is 6.51. The molecule has 0 aliphatic carbocycles. The van der Waals surface area contributed by atoms with Crippen molar-refractivity contribution >= 4 is 45.8 Å². The van der Waals surface area contributed by atoms with Crippen molar-refractivity contribution in [3.05, 3.63) is 19.4 Å². The van der Waals surface area contributed by atoms with Crippen LogP contribution in [0, 0.1) is 16.4 Å². The number of nitrogens with one attached hydrogen (secondary N) is 1. The quantitative estimate of drug-likeness (QED) is 0.771. The van der Waals surface area contributed by atoms with Crippen molar-refractivity contribution < 1.29 is 14.7 Å². The van der Waals surface area contributed by atoms with Gasteiger partial charge in [0.15, 0.2) is 0 Å². The number of halogens is 1. The summed E-state index contributed by atoms with van der Waals surface area (Å²) >= 11 is 3.45. The first-order chi connectivity index (χ1) is 8.32. The average molecular weight is 381 g/mol. The summed E-state index contributed by atoms with van der Waals surface area (Å²) in [5.41, 5.74) is 1.04. The standard InChI is InChI=1S/C12H16INO3S/c1-6(2)4-8(12(16)17)14-11(15)10-9(13)7(3)5-18-10/h5-6,8H,4H2,1-3H3,(H,14,15)(H,16,17). The van der Waals surface area contributed by atoms with Gasteiger partial charge in [-0.15, -0.1) is 11.3 Å². The number of aliphatic carboxylic acids is 1. The van der Waals surface area contributed by atoms with Crippen molar-refractivity contribution in [2.45, 2.75) is 33.2 Å². The van der Waals surface area contributed by atoms with E-state index in [0.717, 1.165) is 9.13 Å². The highest BCUT2D eigenvalue weighted by Crippen LogP contribution is 2.23.